The quantitative estimate of drug-likeness (QED) is 0.811. The van der Waals surface area contributed by atoms with Crippen molar-refractivity contribution in [3.8, 4) is 0 Å². The lowest BCUT2D eigenvalue weighted by Crippen LogP contribution is -2.29. The van der Waals surface area contributed by atoms with E-state index in [9.17, 15) is 12.8 Å². The number of benzene rings is 1. The van der Waals surface area contributed by atoms with Crippen LogP contribution in [0.3, 0.4) is 0 Å². The standard InChI is InChI=1S/C15H21FN2O2S/c1-15(6-7-15)10-18-21(19,20)14-5-2-11(8-13(14)16)9-17-12-3-4-12/h2,5,8,12,17-18H,3-4,6-7,9-10H2,1H3. The Balaban J connectivity index is 1.68. The van der Waals surface area contributed by atoms with Crippen molar-refractivity contribution < 1.29 is 12.8 Å². The van der Waals surface area contributed by atoms with Crippen molar-refractivity contribution in [1.29, 1.82) is 0 Å². The first-order valence-electron chi connectivity index (χ1n) is 7.40. The van der Waals surface area contributed by atoms with Crippen molar-refractivity contribution in [3.05, 3.63) is 29.6 Å². The highest BCUT2D eigenvalue weighted by molar-refractivity contribution is 7.89. The molecule has 0 radical (unpaired) electrons. The van der Waals surface area contributed by atoms with Gasteiger partial charge in [0.1, 0.15) is 10.7 Å². The molecule has 0 amide bonds. The molecule has 2 saturated carbocycles. The highest BCUT2D eigenvalue weighted by Crippen LogP contribution is 2.44. The van der Waals surface area contributed by atoms with Gasteiger partial charge in [-0.2, -0.15) is 0 Å². The molecular formula is C15H21FN2O2S. The number of hydrogen-bond donors (Lipinski definition) is 2. The zero-order valence-electron chi connectivity index (χ0n) is 12.2. The average molecular weight is 312 g/mol. The van der Waals surface area contributed by atoms with Gasteiger partial charge >= 0.3 is 0 Å². The summed E-state index contributed by atoms with van der Waals surface area (Å²) in [5.41, 5.74) is 0.824. The molecular weight excluding hydrogens is 291 g/mol. The Morgan fingerprint density at radius 3 is 2.62 bits per heavy atom. The van der Waals surface area contributed by atoms with Crippen LogP contribution in [0, 0.1) is 11.2 Å². The van der Waals surface area contributed by atoms with Crippen LogP contribution in [0.4, 0.5) is 4.39 Å². The zero-order chi connectivity index (χ0) is 15.1. The summed E-state index contributed by atoms with van der Waals surface area (Å²) in [7, 11) is -3.77. The summed E-state index contributed by atoms with van der Waals surface area (Å²) in [4.78, 5) is -0.262. The maximum absolute atomic E-state index is 14.1. The van der Waals surface area contributed by atoms with Gasteiger partial charge in [0, 0.05) is 19.1 Å². The van der Waals surface area contributed by atoms with Gasteiger partial charge in [-0.1, -0.05) is 13.0 Å². The lowest BCUT2D eigenvalue weighted by molar-refractivity contribution is 0.521. The van der Waals surface area contributed by atoms with Gasteiger partial charge in [0.25, 0.3) is 0 Å². The molecule has 0 atom stereocenters. The first-order chi connectivity index (χ1) is 9.88. The first-order valence-corrected chi connectivity index (χ1v) is 8.88. The maximum Gasteiger partial charge on any atom is 0.243 e. The second kappa shape index (κ2) is 5.34. The number of nitrogens with one attached hydrogen (secondary N) is 2. The second-order valence-corrected chi connectivity index (χ2v) is 8.29. The van der Waals surface area contributed by atoms with Crippen molar-refractivity contribution in [3.63, 3.8) is 0 Å². The normalized spacial score (nSPS) is 20.5. The molecule has 2 aliphatic rings. The van der Waals surface area contributed by atoms with Crippen LogP contribution in [0.5, 0.6) is 0 Å². The Hall–Kier alpha value is -0.980. The number of rotatable bonds is 7. The molecule has 0 spiro atoms. The van der Waals surface area contributed by atoms with E-state index in [0.717, 1.165) is 31.2 Å². The smallest absolute Gasteiger partial charge is 0.243 e. The summed E-state index contributed by atoms with van der Waals surface area (Å²) in [5.74, 6) is -0.682. The molecule has 4 nitrogen and oxygen atoms in total. The zero-order valence-corrected chi connectivity index (χ0v) is 13.0. The van der Waals surface area contributed by atoms with E-state index in [1.165, 1.54) is 12.1 Å². The van der Waals surface area contributed by atoms with Crippen LogP contribution in [0.1, 0.15) is 38.2 Å². The maximum atomic E-state index is 14.1. The topological polar surface area (TPSA) is 58.2 Å². The lowest BCUT2D eigenvalue weighted by atomic mass is 10.2. The molecule has 2 N–H and O–H groups in total. The average Bonchev–Trinajstić information content (AvgIpc) is 3.32. The largest absolute Gasteiger partial charge is 0.310 e. The molecule has 0 saturated heterocycles. The summed E-state index contributed by atoms with van der Waals surface area (Å²) in [6.45, 7) is 2.98. The molecule has 2 fully saturated rings. The summed E-state index contributed by atoms with van der Waals surface area (Å²) >= 11 is 0. The minimum absolute atomic E-state index is 0.0532. The molecule has 2 aliphatic carbocycles. The monoisotopic (exact) mass is 312 g/mol. The summed E-state index contributed by atoms with van der Waals surface area (Å²) in [6.07, 6.45) is 4.36. The van der Waals surface area contributed by atoms with E-state index in [1.807, 2.05) is 6.92 Å². The third-order valence-corrected chi connectivity index (χ3v) is 5.69. The van der Waals surface area contributed by atoms with Crippen molar-refractivity contribution in [2.45, 2.75) is 50.1 Å². The Morgan fingerprint density at radius 1 is 1.33 bits per heavy atom. The Morgan fingerprint density at radius 2 is 2.05 bits per heavy atom. The van der Waals surface area contributed by atoms with Crippen molar-refractivity contribution >= 4 is 10.0 Å². The highest BCUT2D eigenvalue weighted by atomic mass is 32.2. The molecule has 1 aromatic carbocycles. The molecule has 21 heavy (non-hydrogen) atoms. The van der Waals surface area contributed by atoms with Crippen LogP contribution < -0.4 is 10.0 Å². The second-order valence-electron chi connectivity index (χ2n) is 6.56. The Bertz CT molecular complexity index is 637. The van der Waals surface area contributed by atoms with Crippen LogP contribution in [0.25, 0.3) is 0 Å². The SMILES string of the molecule is CC1(CNS(=O)(=O)c2ccc(CNC3CC3)cc2F)CC1. The molecule has 0 aromatic heterocycles. The molecule has 0 unspecified atom stereocenters. The number of sulfonamides is 1. The van der Waals surface area contributed by atoms with Gasteiger partial charge in [-0.25, -0.2) is 17.5 Å². The van der Waals surface area contributed by atoms with Gasteiger partial charge < -0.3 is 5.32 Å². The van der Waals surface area contributed by atoms with Gasteiger partial charge in [0.05, 0.1) is 0 Å². The van der Waals surface area contributed by atoms with E-state index in [1.54, 1.807) is 6.07 Å². The predicted octanol–water partition coefficient (Wildman–Crippen LogP) is 2.16. The molecule has 1 aromatic rings. The van der Waals surface area contributed by atoms with Gasteiger partial charge in [-0.3, -0.25) is 0 Å². The third-order valence-electron chi connectivity index (χ3n) is 4.25. The lowest BCUT2D eigenvalue weighted by Gasteiger charge is -2.12. The van der Waals surface area contributed by atoms with Gasteiger partial charge in [-0.05, 0) is 48.8 Å². The molecule has 116 valence electrons. The van der Waals surface area contributed by atoms with Crippen LogP contribution in [0.2, 0.25) is 0 Å². The van der Waals surface area contributed by atoms with E-state index in [4.69, 9.17) is 0 Å². The number of hydrogen-bond acceptors (Lipinski definition) is 3. The van der Waals surface area contributed by atoms with E-state index < -0.39 is 15.8 Å². The Kier molecular flexibility index (Phi) is 3.80. The van der Waals surface area contributed by atoms with Gasteiger partial charge in [-0.15, -0.1) is 0 Å². The fourth-order valence-electron chi connectivity index (χ4n) is 2.16. The van der Waals surface area contributed by atoms with Gasteiger partial charge in [0.15, 0.2) is 0 Å². The molecule has 0 bridgehead atoms. The van der Waals surface area contributed by atoms with Gasteiger partial charge in [0.2, 0.25) is 10.0 Å². The first kappa shape index (κ1) is 14.9. The van der Waals surface area contributed by atoms with Crippen molar-refractivity contribution in [2.75, 3.05) is 6.54 Å². The summed E-state index contributed by atoms with van der Waals surface area (Å²) in [6, 6.07) is 4.88. The predicted molar refractivity (Wildman–Crippen MR) is 78.8 cm³/mol. The Labute approximate surface area is 125 Å². The minimum Gasteiger partial charge on any atom is -0.310 e. The van der Waals surface area contributed by atoms with Crippen LogP contribution >= 0.6 is 0 Å². The molecule has 0 aliphatic heterocycles. The molecule has 3 rings (SSSR count). The third kappa shape index (κ3) is 3.81. The van der Waals surface area contributed by atoms with Crippen molar-refractivity contribution in [2.24, 2.45) is 5.41 Å². The summed E-state index contributed by atoms with van der Waals surface area (Å²) in [5, 5.41) is 3.28. The number of halogens is 1. The fourth-order valence-corrected chi connectivity index (χ4v) is 3.42. The van der Waals surface area contributed by atoms with Crippen LogP contribution in [0.15, 0.2) is 23.1 Å². The van der Waals surface area contributed by atoms with E-state index in [0.29, 0.717) is 19.1 Å². The van der Waals surface area contributed by atoms with E-state index >= 15 is 0 Å². The highest BCUT2D eigenvalue weighted by Gasteiger charge is 2.38. The van der Waals surface area contributed by atoms with E-state index in [2.05, 4.69) is 10.0 Å². The molecule has 0 heterocycles. The minimum atomic E-state index is -3.77. The van der Waals surface area contributed by atoms with Crippen LogP contribution in [-0.4, -0.2) is 21.0 Å². The van der Waals surface area contributed by atoms with E-state index in [-0.39, 0.29) is 10.3 Å². The fraction of sp³-hybridized carbons (Fsp3) is 0.600. The summed E-state index contributed by atoms with van der Waals surface area (Å²) < 4.78 is 40.9. The van der Waals surface area contributed by atoms with Crippen molar-refractivity contribution in [1.82, 2.24) is 10.0 Å². The van der Waals surface area contributed by atoms with Crippen LogP contribution in [-0.2, 0) is 16.6 Å². The molecule has 6 heteroatoms.